The molecule has 0 unspecified atom stereocenters. The number of amides is 1. The van der Waals surface area contributed by atoms with Gasteiger partial charge < -0.3 is 5.32 Å². The molecule has 6 nitrogen and oxygen atoms in total. The van der Waals surface area contributed by atoms with E-state index in [9.17, 15) is 13.2 Å². The molecule has 4 rings (SSSR count). The predicted octanol–water partition coefficient (Wildman–Crippen LogP) is 3.44. The van der Waals surface area contributed by atoms with Crippen molar-refractivity contribution in [2.24, 2.45) is 0 Å². The Morgan fingerprint density at radius 2 is 1.57 bits per heavy atom. The van der Waals surface area contributed by atoms with E-state index < -0.39 is 10.0 Å². The summed E-state index contributed by atoms with van der Waals surface area (Å²) in [5, 5.41) is 5.18. The summed E-state index contributed by atoms with van der Waals surface area (Å²) in [5.74, 6) is -0.172. The van der Waals surface area contributed by atoms with E-state index in [4.69, 9.17) is 11.6 Å². The number of fused-ring (bicyclic) bond motifs is 1. The number of piperazine rings is 1. The van der Waals surface area contributed by atoms with Crippen molar-refractivity contribution in [3.63, 3.8) is 0 Å². The maximum Gasteiger partial charge on any atom is 0.243 e. The molecular weight excluding hydrogens is 422 g/mol. The minimum atomic E-state index is -3.57. The van der Waals surface area contributed by atoms with E-state index in [-0.39, 0.29) is 12.5 Å². The summed E-state index contributed by atoms with van der Waals surface area (Å²) in [5.41, 5.74) is 0.571. The summed E-state index contributed by atoms with van der Waals surface area (Å²) in [6, 6.07) is 19.9. The molecule has 1 amide bonds. The number of rotatable bonds is 5. The van der Waals surface area contributed by atoms with Gasteiger partial charge in [-0.3, -0.25) is 9.69 Å². The summed E-state index contributed by atoms with van der Waals surface area (Å²) in [6.07, 6.45) is 0. The minimum absolute atomic E-state index is 0.172. The van der Waals surface area contributed by atoms with Crippen LogP contribution in [0.5, 0.6) is 0 Å². The standard InChI is InChI=1S/C22H22ClN3O3S/c23-20-7-3-4-8-21(20)24-22(27)16-25-11-13-26(14-12-25)30(28,29)19-10-9-17-5-1-2-6-18(17)15-19/h1-10,15H,11-14,16H2,(H,24,27). The Balaban J connectivity index is 1.37. The van der Waals surface area contributed by atoms with Crippen molar-refractivity contribution in [2.45, 2.75) is 4.90 Å². The lowest BCUT2D eigenvalue weighted by Gasteiger charge is -2.33. The molecule has 3 aromatic carbocycles. The Morgan fingerprint density at radius 1 is 0.900 bits per heavy atom. The molecule has 0 bridgehead atoms. The van der Waals surface area contributed by atoms with Gasteiger partial charge in [-0.1, -0.05) is 54.1 Å². The molecule has 1 aliphatic heterocycles. The van der Waals surface area contributed by atoms with Crippen molar-refractivity contribution in [3.8, 4) is 0 Å². The van der Waals surface area contributed by atoms with E-state index in [0.29, 0.717) is 41.8 Å². The van der Waals surface area contributed by atoms with Crippen molar-refractivity contribution in [1.29, 1.82) is 0 Å². The smallest absolute Gasteiger partial charge is 0.243 e. The molecule has 1 N–H and O–H groups in total. The summed E-state index contributed by atoms with van der Waals surface area (Å²) in [4.78, 5) is 14.6. The molecule has 0 atom stereocenters. The van der Waals surface area contributed by atoms with E-state index in [1.807, 2.05) is 35.2 Å². The van der Waals surface area contributed by atoms with Crippen molar-refractivity contribution in [3.05, 3.63) is 71.8 Å². The van der Waals surface area contributed by atoms with Crippen molar-refractivity contribution < 1.29 is 13.2 Å². The SMILES string of the molecule is O=C(CN1CCN(S(=O)(=O)c2ccc3ccccc3c2)CC1)Nc1ccccc1Cl. The molecule has 8 heteroatoms. The van der Waals surface area contributed by atoms with Crippen molar-refractivity contribution >= 4 is 44.0 Å². The summed E-state index contributed by atoms with van der Waals surface area (Å²) < 4.78 is 27.6. The maximum atomic E-state index is 13.1. The molecule has 1 fully saturated rings. The maximum absolute atomic E-state index is 13.1. The van der Waals surface area contributed by atoms with E-state index in [1.54, 1.807) is 36.4 Å². The van der Waals surface area contributed by atoms with E-state index in [1.165, 1.54) is 4.31 Å². The van der Waals surface area contributed by atoms with Gasteiger partial charge in [-0.25, -0.2) is 8.42 Å². The molecule has 0 aromatic heterocycles. The number of carbonyl (C=O) groups is 1. The Bertz CT molecular complexity index is 1170. The number of nitrogens with one attached hydrogen (secondary N) is 1. The van der Waals surface area contributed by atoms with Crippen LogP contribution >= 0.6 is 11.6 Å². The number of benzene rings is 3. The largest absolute Gasteiger partial charge is 0.324 e. The van der Waals surface area contributed by atoms with Gasteiger partial charge >= 0.3 is 0 Å². The Hall–Kier alpha value is -2.45. The van der Waals surface area contributed by atoms with Gasteiger partial charge in [0.05, 0.1) is 22.2 Å². The molecule has 1 heterocycles. The van der Waals surface area contributed by atoms with Gasteiger partial charge in [0.15, 0.2) is 0 Å². The second kappa shape index (κ2) is 8.73. The quantitative estimate of drug-likeness (QED) is 0.655. The topological polar surface area (TPSA) is 69.7 Å². The number of hydrogen-bond acceptors (Lipinski definition) is 4. The number of nitrogens with zero attached hydrogens (tertiary/aromatic N) is 2. The van der Waals surface area contributed by atoms with Crippen LogP contribution in [0, 0.1) is 0 Å². The average molecular weight is 444 g/mol. The van der Waals surface area contributed by atoms with Crippen LogP contribution in [-0.2, 0) is 14.8 Å². The van der Waals surface area contributed by atoms with Crippen LogP contribution in [0.1, 0.15) is 0 Å². The second-order valence-electron chi connectivity index (χ2n) is 7.22. The number of anilines is 1. The van der Waals surface area contributed by atoms with Gasteiger partial charge in [0.25, 0.3) is 0 Å². The third-order valence-corrected chi connectivity index (χ3v) is 7.43. The fourth-order valence-corrected chi connectivity index (χ4v) is 5.20. The van der Waals surface area contributed by atoms with Crippen molar-refractivity contribution in [2.75, 3.05) is 38.0 Å². The van der Waals surface area contributed by atoms with Crippen LogP contribution in [0.4, 0.5) is 5.69 Å². The third-order valence-electron chi connectivity index (χ3n) is 5.21. The third kappa shape index (κ3) is 4.49. The zero-order chi connectivity index (χ0) is 21.1. The van der Waals surface area contributed by atoms with E-state index >= 15 is 0 Å². The zero-order valence-electron chi connectivity index (χ0n) is 16.3. The van der Waals surface area contributed by atoms with Gasteiger partial charge in [0, 0.05) is 26.2 Å². The van der Waals surface area contributed by atoms with Gasteiger partial charge in [0.1, 0.15) is 0 Å². The van der Waals surface area contributed by atoms with Gasteiger partial charge in [-0.2, -0.15) is 4.31 Å². The summed E-state index contributed by atoms with van der Waals surface area (Å²) in [6.45, 7) is 1.85. The highest BCUT2D eigenvalue weighted by atomic mass is 35.5. The first-order valence-electron chi connectivity index (χ1n) is 9.69. The van der Waals surface area contributed by atoms with Gasteiger partial charge in [-0.15, -0.1) is 0 Å². The van der Waals surface area contributed by atoms with Crippen LogP contribution in [0.25, 0.3) is 10.8 Å². The number of halogens is 1. The summed E-state index contributed by atoms with van der Waals surface area (Å²) in [7, 11) is -3.57. The Kier molecular flexibility index (Phi) is 6.06. The second-order valence-corrected chi connectivity index (χ2v) is 9.56. The Morgan fingerprint density at radius 3 is 2.30 bits per heavy atom. The normalized spacial score (nSPS) is 15.9. The fraction of sp³-hybridized carbons (Fsp3) is 0.227. The molecule has 0 spiro atoms. The van der Waals surface area contributed by atoms with E-state index in [0.717, 1.165) is 10.8 Å². The lowest BCUT2D eigenvalue weighted by atomic mass is 10.1. The molecule has 1 saturated heterocycles. The van der Waals surface area contributed by atoms with E-state index in [2.05, 4.69) is 5.32 Å². The first kappa shape index (κ1) is 20.8. The average Bonchev–Trinajstić information content (AvgIpc) is 2.75. The minimum Gasteiger partial charge on any atom is -0.324 e. The molecule has 3 aromatic rings. The molecular formula is C22H22ClN3O3S. The Labute approximate surface area is 181 Å². The first-order valence-corrected chi connectivity index (χ1v) is 11.5. The lowest BCUT2D eigenvalue weighted by molar-refractivity contribution is -0.117. The van der Waals surface area contributed by atoms with Crippen LogP contribution in [0.2, 0.25) is 5.02 Å². The predicted molar refractivity (Wildman–Crippen MR) is 119 cm³/mol. The number of sulfonamides is 1. The number of hydrogen-bond donors (Lipinski definition) is 1. The fourth-order valence-electron chi connectivity index (χ4n) is 3.56. The first-order chi connectivity index (χ1) is 14.4. The zero-order valence-corrected chi connectivity index (χ0v) is 17.9. The molecule has 1 aliphatic rings. The summed E-state index contributed by atoms with van der Waals surface area (Å²) >= 11 is 6.07. The molecule has 156 valence electrons. The van der Waals surface area contributed by atoms with Crippen LogP contribution in [0.15, 0.2) is 71.6 Å². The van der Waals surface area contributed by atoms with Crippen LogP contribution < -0.4 is 5.32 Å². The van der Waals surface area contributed by atoms with Gasteiger partial charge in [-0.05, 0) is 35.0 Å². The number of para-hydroxylation sites is 1. The lowest BCUT2D eigenvalue weighted by Crippen LogP contribution is -2.50. The molecule has 0 saturated carbocycles. The van der Waals surface area contributed by atoms with Crippen LogP contribution in [-0.4, -0.2) is 56.3 Å². The monoisotopic (exact) mass is 443 g/mol. The van der Waals surface area contributed by atoms with Crippen LogP contribution in [0.3, 0.4) is 0 Å². The molecule has 30 heavy (non-hydrogen) atoms. The van der Waals surface area contributed by atoms with Gasteiger partial charge in [0.2, 0.25) is 15.9 Å². The molecule has 0 aliphatic carbocycles. The highest BCUT2D eigenvalue weighted by Crippen LogP contribution is 2.23. The van der Waals surface area contributed by atoms with Crippen molar-refractivity contribution in [1.82, 2.24) is 9.21 Å². The number of carbonyl (C=O) groups excluding carboxylic acids is 1. The molecule has 0 radical (unpaired) electrons. The highest BCUT2D eigenvalue weighted by molar-refractivity contribution is 7.89. The highest BCUT2D eigenvalue weighted by Gasteiger charge is 2.29.